The first-order valence-corrected chi connectivity index (χ1v) is 7.89. The summed E-state index contributed by atoms with van der Waals surface area (Å²) in [6.07, 6.45) is 3.59. The summed E-state index contributed by atoms with van der Waals surface area (Å²) < 4.78 is 0. The minimum Gasteiger partial charge on any atom is -0.354 e. The number of pyridine rings is 1. The van der Waals surface area contributed by atoms with E-state index in [0.29, 0.717) is 11.3 Å². The summed E-state index contributed by atoms with van der Waals surface area (Å²) in [6.45, 7) is 1.54. The first kappa shape index (κ1) is 16.7. The van der Waals surface area contributed by atoms with Gasteiger partial charge in [0.1, 0.15) is 0 Å². The lowest BCUT2D eigenvalue weighted by atomic mass is 10.1. The van der Waals surface area contributed by atoms with E-state index in [1.54, 1.807) is 18.3 Å². The molecular formula is C20H19N3O2. The van der Waals surface area contributed by atoms with Crippen LogP contribution in [-0.2, 0) is 4.84 Å². The average Bonchev–Trinajstić information content (AvgIpc) is 2.64. The Labute approximate surface area is 146 Å². The molecule has 0 saturated heterocycles. The highest BCUT2D eigenvalue weighted by molar-refractivity contribution is 5.96. The zero-order valence-corrected chi connectivity index (χ0v) is 14.1. The number of aromatic nitrogens is 1. The quantitative estimate of drug-likeness (QED) is 0.507. The molecule has 5 nitrogen and oxygen atoms in total. The zero-order valence-electron chi connectivity index (χ0n) is 14.1. The molecule has 0 spiro atoms. The van der Waals surface area contributed by atoms with Crippen molar-refractivity contribution in [2.45, 2.75) is 6.92 Å². The van der Waals surface area contributed by atoms with Gasteiger partial charge in [-0.25, -0.2) is 0 Å². The van der Waals surface area contributed by atoms with Gasteiger partial charge >= 0.3 is 0 Å². The van der Waals surface area contributed by atoms with E-state index in [1.807, 2.05) is 48.7 Å². The normalized spacial score (nSPS) is 10.3. The van der Waals surface area contributed by atoms with Gasteiger partial charge in [0, 0.05) is 29.2 Å². The lowest BCUT2D eigenvalue weighted by molar-refractivity contribution is 0.101. The van der Waals surface area contributed by atoms with Crippen molar-refractivity contribution in [1.82, 2.24) is 4.98 Å². The number of hydrogen-bond donors (Lipinski definition) is 2. The molecule has 126 valence electrons. The Kier molecular flexibility index (Phi) is 5.06. The molecule has 3 aromatic rings. The van der Waals surface area contributed by atoms with E-state index in [2.05, 4.69) is 15.8 Å². The van der Waals surface area contributed by atoms with Crippen LogP contribution in [0.25, 0.3) is 11.1 Å². The molecule has 0 bridgehead atoms. The summed E-state index contributed by atoms with van der Waals surface area (Å²) in [4.78, 5) is 20.8. The van der Waals surface area contributed by atoms with E-state index in [-0.39, 0.29) is 5.78 Å². The number of carbonyl (C=O) groups is 1. The van der Waals surface area contributed by atoms with E-state index < -0.39 is 0 Å². The second-order valence-electron chi connectivity index (χ2n) is 5.57. The first-order chi connectivity index (χ1) is 12.2. The summed E-state index contributed by atoms with van der Waals surface area (Å²) in [5.41, 5.74) is 7.99. The van der Waals surface area contributed by atoms with Gasteiger partial charge in [0.15, 0.2) is 5.78 Å². The van der Waals surface area contributed by atoms with Crippen LogP contribution in [0, 0.1) is 0 Å². The maximum atomic E-state index is 11.6. The number of anilines is 3. The summed E-state index contributed by atoms with van der Waals surface area (Å²) in [7, 11) is 1.53. The molecule has 2 aromatic carbocycles. The largest absolute Gasteiger partial charge is 0.354 e. The predicted molar refractivity (Wildman–Crippen MR) is 100 cm³/mol. The number of Topliss-reactive ketones (excluding diaryl/α,β-unsaturated/α-hetero) is 1. The van der Waals surface area contributed by atoms with Crippen LogP contribution in [0.5, 0.6) is 0 Å². The minimum absolute atomic E-state index is 0.00396. The van der Waals surface area contributed by atoms with E-state index in [1.165, 1.54) is 14.0 Å². The highest BCUT2D eigenvalue weighted by atomic mass is 16.6. The van der Waals surface area contributed by atoms with Crippen molar-refractivity contribution in [1.29, 1.82) is 0 Å². The molecular weight excluding hydrogens is 314 g/mol. The number of rotatable bonds is 6. The molecule has 1 heterocycles. The summed E-state index contributed by atoms with van der Waals surface area (Å²) in [5.74, 6) is 0.00396. The lowest BCUT2D eigenvalue weighted by Gasteiger charge is -2.14. The first-order valence-electron chi connectivity index (χ1n) is 7.89. The zero-order chi connectivity index (χ0) is 17.6. The molecule has 2 N–H and O–H groups in total. The standard InChI is InChI=1S/C20H19N3O2/c1-14(24)15-8-9-19(20(12-15)23-25-2)22-18-7-3-5-16(11-18)17-6-4-10-21-13-17/h3-13,22-23H,1-2H3. The van der Waals surface area contributed by atoms with Gasteiger partial charge in [-0.05, 0) is 48.9 Å². The number of carbonyl (C=O) groups excluding carboxylic acids is 1. The van der Waals surface area contributed by atoms with Crippen LogP contribution in [0.2, 0.25) is 0 Å². The highest BCUT2D eigenvalue weighted by Gasteiger charge is 2.08. The third kappa shape index (κ3) is 4.02. The Bertz CT molecular complexity index is 879. The fourth-order valence-electron chi connectivity index (χ4n) is 2.53. The Morgan fingerprint density at radius 2 is 1.84 bits per heavy atom. The van der Waals surface area contributed by atoms with Gasteiger partial charge in [0.05, 0.1) is 18.5 Å². The van der Waals surface area contributed by atoms with Crippen LogP contribution in [0.4, 0.5) is 17.1 Å². The molecule has 0 atom stereocenters. The number of ketones is 1. The van der Waals surface area contributed by atoms with Crippen LogP contribution < -0.4 is 10.8 Å². The summed E-state index contributed by atoms with van der Waals surface area (Å²) in [6, 6.07) is 17.4. The molecule has 0 aliphatic carbocycles. The molecule has 0 aliphatic heterocycles. The van der Waals surface area contributed by atoms with Crippen molar-refractivity contribution in [2.75, 3.05) is 17.9 Å². The topological polar surface area (TPSA) is 63.2 Å². The Morgan fingerprint density at radius 3 is 2.56 bits per heavy atom. The molecule has 5 heteroatoms. The van der Waals surface area contributed by atoms with Gasteiger partial charge in [-0.2, -0.15) is 0 Å². The highest BCUT2D eigenvalue weighted by Crippen LogP contribution is 2.29. The molecule has 0 amide bonds. The van der Waals surface area contributed by atoms with Crippen LogP contribution in [0.1, 0.15) is 17.3 Å². The van der Waals surface area contributed by atoms with Crippen molar-refractivity contribution in [3.05, 3.63) is 72.6 Å². The number of benzene rings is 2. The predicted octanol–water partition coefficient (Wildman–Crippen LogP) is 4.67. The molecule has 25 heavy (non-hydrogen) atoms. The van der Waals surface area contributed by atoms with Gasteiger partial charge in [-0.3, -0.25) is 20.1 Å². The maximum Gasteiger partial charge on any atom is 0.159 e. The van der Waals surface area contributed by atoms with Crippen molar-refractivity contribution in [3.8, 4) is 11.1 Å². The fraction of sp³-hybridized carbons (Fsp3) is 0.100. The average molecular weight is 333 g/mol. The smallest absolute Gasteiger partial charge is 0.159 e. The number of nitrogens with one attached hydrogen (secondary N) is 2. The fourth-order valence-corrected chi connectivity index (χ4v) is 2.53. The van der Waals surface area contributed by atoms with Gasteiger partial charge in [-0.1, -0.05) is 18.2 Å². The Morgan fingerprint density at radius 1 is 1.00 bits per heavy atom. The van der Waals surface area contributed by atoms with Gasteiger partial charge in [-0.15, -0.1) is 0 Å². The second-order valence-corrected chi connectivity index (χ2v) is 5.57. The van der Waals surface area contributed by atoms with Crippen molar-refractivity contribution < 1.29 is 9.63 Å². The van der Waals surface area contributed by atoms with Crippen LogP contribution in [0.15, 0.2) is 67.0 Å². The van der Waals surface area contributed by atoms with Crippen LogP contribution in [0.3, 0.4) is 0 Å². The molecule has 0 aliphatic rings. The molecule has 1 aromatic heterocycles. The van der Waals surface area contributed by atoms with E-state index in [4.69, 9.17) is 4.84 Å². The van der Waals surface area contributed by atoms with E-state index in [0.717, 1.165) is 22.5 Å². The van der Waals surface area contributed by atoms with Gasteiger partial charge in [0.25, 0.3) is 0 Å². The molecule has 0 fully saturated rings. The summed E-state index contributed by atoms with van der Waals surface area (Å²) in [5, 5.41) is 3.36. The van der Waals surface area contributed by atoms with Crippen molar-refractivity contribution >= 4 is 22.8 Å². The van der Waals surface area contributed by atoms with Crippen molar-refractivity contribution in [2.24, 2.45) is 0 Å². The van der Waals surface area contributed by atoms with Crippen molar-refractivity contribution in [3.63, 3.8) is 0 Å². The maximum absolute atomic E-state index is 11.6. The third-order valence-corrected chi connectivity index (χ3v) is 3.77. The molecule has 3 rings (SSSR count). The van der Waals surface area contributed by atoms with Gasteiger partial charge < -0.3 is 5.32 Å². The van der Waals surface area contributed by atoms with Gasteiger partial charge in [0.2, 0.25) is 0 Å². The third-order valence-electron chi connectivity index (χ3n) is 3.77. The molecule has 0 radical (unpaired) electrons. The number of hydrogen-bond acceptors (Lipinski definition) is 5. The van der Waals surface area contributed by atoms with E-state index in [9.17, 15) is 4.79 Å². The summed E-state index contributed by atoms with van der Waals surface area (Å²) >= 11 is 0. The Balaban J connectivity index is 1.91. The SMILES string of the molecule is CONc1cc(C(C)=O)ccc1Nc1cccc(-c2cccnc2)c1. The molecule has 0 saturated carbocycles. The monoisotopic (exact) mass is 333 g/mol. The minimum atomic E-state index is 0.00396. The second kappa shape index (κ2) is 7.59. The van der Waals surface area contributed by atoms with Crippen LogP contribution in [-0.4, -0.2) is 17.9 Å². The molecule has 0 unspecified atom stereocenters. The van der Waals surface area contributed by atoms with E-state index >= 15 is 0 Å². The number of nitrogens with zero attached hydrogens (tertiary/aromatic N) is 1. The Hall–Kier alpha value is -3.18. The van der Waals surface area contributed by atoms with Crippen LogP contribution >= 0.6 is 0 Å². The lowest BCUT2D eigenvalue weighted by Crippen LogP contribution is -2.03.